The minimum atomic E-state index is -0.862. The quantitative estimate of drug-likeness (QED) is 0.265. The summed E-state index contributed by atoms with van der Waals surface area (Å²) in [7, 11) is 1.17. The Kier molecular flexibility index (Phi) is 7.57. The number of para-hydroxylation sites is 1. The fourth-order valence-electron chi connectivity index (χ4n) is 3.65. The number of nitrogens with one attached hydrogen (secondary N) is 1. The molecule has 1 N–H and O–H groups in total. The van der Waals surface area contributed by atoms with Gasteiger partial charge in [0.1, 0.15) is 17.0 Å². The van der Waals surface area contributed by atoms with Gasteiger partial charge >= 0.3 is 5.97 Å². The first-order valence-corrected chi connectivity index (χ1v) is 11.3. The first-order valence-electron chi connectivity index (χ1n) is 11.3. The van der Waals surface area contributed by atoms with E-state index in [4.69, 9.17) is 13.9 Å². The summed E-state index contributed by atoms with van der Waals surface area (Å²) in [6.45, 7) is 0.568. The third kappa shape index (κ3) is 5.76. The molecule has 7 nitrogen and oxygen atoms in total. The molecular formula is C28H25NO6. The van der Waals surface area contributed by atoms with Crippen LogP contribution in [0.1, 0.15) is 39.3 Å². The van der Waals surface area contributed by atoms with Crippen molar-refractivity contribution in [3.63, 3.8) is 0 Å². The molecule has 0 radical (unpaired) electrons. The molecule has 0 aliphatic heterocycles. The van der Waals surface area contributed by atoms with Gasteiger partial charge in [-0.25, -0.2) is 4.79 Å². The lowest BCUT2D eigenvalue weighted by Gasteiger charge is -2.10. The van der Waals surface area contributed by atoms with Gasteiger partial charge in [-0.15, -0.1) is 0 Å². The number of benzene rings is 3. The van der Waals surface area contributed by atoms with Crippen LogP contribution in [-0.4, -0.2) is 25.6 Å². The van der Waals surface area contributed by atoms with Gasteiger partial charge < -0.3 is 19.2 Å². The van der Waals surface area contributed by atoms with Gasteiger partial charge in [0.05, 0.1) is 19.1 Å². The number of carbonyl (C=O) groups excluding carboxylic acids is 2. The van der Waals surface area contributed by atoms with Crippen LogP contribution in [0.15, 0.2) is 88.1 Å². The summed E-state index contributed by atoms with van der Waals surface area (Å²) < 4.78 is 16.1. The molecule has 0 spiro atoms. The van der Waals surface area contributed by atoms with Crippen LogP contribution < -0.4 is 15.5 Å². The zero-order chi connectivity index (χ0) is 24.6. The van der Waals surface area contributed by atoms with E-state index in [9.17, 15) is 14.4 Å². The Bertz CT molecular complexity index is 1380. The van der Waals surface area contributed by atoms with E-state index in [-0.39, 0.29) is 22.4 Å². The number of anilines is 1. The molecule has 7 heteroatoms. The van der Waals surface area contributed by atoms with Crippen LogP contribution in [0.2, 0.25) is 0 Å². The number of fused-ring (bicyclic) bond motifs is 1. The molecule has 0 unspecified atom stereocenters. The number of hydrogen-bond donors (Lipinski definition) is 1. The van der Waals surface area contributed by atoms with Crippen molar-refractivity contribution in [2.24, 2.45) is 0 Å². The average molecular weight is 472 g/mol. The number of carbonyl (C=O) groups is 2. The lowest BCUT2D eigenvalue weighted by atomic mass is 10.1. The summed E-state index contributed by atoms with van der Waals surface area (Å²) in [4.78, 5) is 38.0. The van der Waals surface area contributed by atoms with Gasteiger partial charge in [-0.1, -0.05) is 42.5 Å². The van der Waals surface area contributed by atoms with Crippen molar-refractivity contribution < 1.29 is 23.5 Å². The maximum Gasteiger partial charge on any atom is 0.376 e. The molecule has 4 aromatic rings. The van der Waals surface area contributed by atoms with Crippen molar-refractivity contribution >= 4 is 28.5 Å². The van der Waals surface area contributed by atoms with Crippen molar-refractivity contribution in [2.45, 2.75) is 19.3 Å². The molecule has 0 saturated heterocycles. The zero-order valence-corrected chi connectivity index (χ0v) is 19.3. The molecule has 0 fully saturated rings. The number of esters is 1. The van der Waals surface area contributed by atoms with E-state index >= 15 is 0 Å². The largest absolute Gasteiger partial charge is 0.494 e. The number of unbranched alkanes of at least 4 members (excludes halogenated alkanes) is 1. The number of hydrogen-bond acceptors (Lipinski definition) is 6. The number of amides is 1. The van der Waals surface area contributed by atoms with Crippen molar-refractivity contribution in [3.8, 4) is 5.75 Å². The minimum absolute atomic E-state index is 0.223. The molecule has 0 bridgehead atoms. The van der Waals surface area contributed by atoms with Gasteiger partial charge in [-0.3, -0.25) is 9.59 Å². The van der Waals surface area contributed by atoms with E-state index in [2.05, 4.69) is 17.4 Å². The van der Waals surface area contributed by atoms with E-state index in [1.165, 1.54) is 12.7 Å². The number of methoxy groups -OCH3 is 1. The first kappa shape index (κ1) is 23.8. The zero-order valence-electron chi connectivity index (χ0n) is 19.3. The number of aryl methyl sites for hydroxylation is 1. The average Bonchev–Trinajstić information content (AvgIpc) is 2.90. The van der Waals surface area contributed by atoms with Crippen molar-refractivity contribution in [1.82, 2.24) is 0 Å². The molecule has 0 aliphatic carbocycles. The van der Waals surface area contributed by atoms with E-state index in [1.807, 2.05) is 18.2 Å². The van der Waals surface area contributed by atoms with Crippen molar-refractivity contribution in [2.75, 3.05) is 19.0 Å². The molecule has 178 valence electrons. The predicted octanol–water partition coefficient (Wildman–Crippen LogP) is 5.23. The van der Waals surface area contributed by atoms with Crippen LogP contribution in [0.4, 0.5) is 5.69 Å². The Morgan fingerprint density at radius 3 is 2.34 bits per heavy atom. The normalized spacial score (nSPS) is 10.7. The molecule has 35 heavy (non-hydrogen) atoms. The van der Waals surface area contributed by atoms with Crippen LogP contribution in [0.5, 0.6) is 5.75 Å². The van der Waals surface area contributed by atoms with Gasteiger partial charge in [0, 0.05) is 5.56 Å². The topological polar surface area (TPSA) is 94.8 Å². The minimum Gasteiger partial charge on any atom is -0.494 e. The van der Waals surface area contributed by atoms with Gasteiger partial charge in [0.2, 0.25) is 11.2 Å². The van der Waals surface area contributed by atoms with Gasteiger partial charge in [-0.05, 0) is 61.2 Å². The van der Waals surface area contributed by atoms with E-state index < -0.39 is 17.3 Å². The molecular weight excluding hydrogens is 446 g/mol. The Morgan fingerprint density at radius 1 is 0.886 bits per heavy atom. The summed E-state index contributed by atoms with van der Waals surface area (Å²) in [5.74, 6) is -1.15. The number of ether oxygens (including phenoxy) is 2. The second-order valence-corrected chi connectivity index (χ2v) is 7.89. The SMILES string of the molecule is COC(=O)c1oc2ccccc2c(=O)c1NC(=O)c1ccc(OCCCCc2ccccc2)cc1. The fraction of sp³-hybridized carbons (Fsp3) is 0.179. The molecule has 3 aromatic carbocycles. The summed E-state index contributed by atoms with van der Waals surface area (Å²) >= 11 is 0. The molecule has 0 atom stereocenters. The third-order valence-corrected chi connectivity index (χ3v) is 5.49. The van der Waals surface area contributed by atoms with Crippen LogP contribution in [0.25, 0.3) is 11.0 Å². The Hall–Kier alpha value is -4.39. The highest BCUT2D eigenvalue weighted by molar-refractivity contribution is 6.08. The van der Waals surface area contributed by atoms with E-state index in [0.29, 0.717) is 17.9 Å². The van der Waals surface area contributed by atoms with Crippen LogP contribution in [0, 0.1) is 0 Å². The maximum absolute atomic E-state index is 13.0. The number of rotatable bonds is 9. The molecule has 0 aliphatic rings. The van der Waals surface area contributed by atoms with Gasteiger partial charge in [0.15, 0.2) is 0 Å². The maximum atomic E-state index is 13.0. The Morgan fingerprint density at radius 2 is 1.60 bits per heavy atom. The highest BCUT2D eigenvalue weighted by Crippen LogP contribution is 2.21. The monoisotopic (exact) mass is 471 g/mol. The van der Waals surface area contributed by atoms with Crippen LogP contribution in [-0.2, 0) is 11.2 Å². The lowest BCUT2D eigenvalue weighted by molar-refractivity contribution is 0.0567. The van der Waals surface area contributed by atoms with Crippen LogP contribution >= 0.6 is 0 Å². The molecule has 0 saturated carbocycles. The molecule has 1 heterocycles. The Balaban J connectivity index is 1.40. The summed E-state index contributed by atoms with van der Waals surface area (Å²) in [6.07, 6.45) is 2.92. The smallest absolute Gasteiger partial charge is 0.376 e. The second-order valence-electron chi connectivity index (χ2n) is 7.89. The van der Waals surface area contributed by atoms with Gasteiger partial charge in [-0.2, -0.15) is 0 Å². The van der Waals surface area contributed by atoms with Gasteiger partial charge in [0.25, 0.3) is 5.91 Å². The predicted molar refractivity (Wildman–Crippen MR) is 133 cm³/mol. The second kappa shape index (κ2) is 11.2. The van der Waals surface area contributed by atoms with Crippen molar-refractivity contribution in [1.29, 1.82) is 0 Å². The standard InChI is InChI=1S/C28H25NO6/c1-33-28(32)26-24(25(30)22-12-5-6-13-23(22)35-26)29-27(31)20-14-16-21(17-15-20)34-18-8-7-11-19-9-3-2-4-10-19/h2-6,9-10,12-17H,7-8,11,18H2,1H3,(H,29,31). The third-order valence-electron chi connectivity index (χ3n) is 5.49. The highest BCUT2D eigenvalue weighted by atomic mass is 16.5. The highest BCUT2D eigenvalue weighted by Gasteiger charge is 2.23. The summed E-state index contributed by atoms with van der Waals surface area (Å²) in [6, 6.07) is 23.3. The van der Waals surface area contributed by atoms with Crippen LogP contribution in [0.3, 0.4) is 0 Å². The lowest BCUT2D eigenvalue weighted by Crippen LogP contribution is -2.22. The molecule has 4 rings (SSSR count). The molecule has 1 amide bonds. The summed E-state index contributed by atoms with van der Waals surface area (Å²) in [5, 5.41) is 2.75. The Labute approximate surface area is 202 Å². The van der Waals surface area contributed by atoms with E-state index in [0.717, 1.165) is 19.3 Å². The first-order chi connectivity index (χ1) is 17.1. The fourth-order valence-corrected chi connectivity index (χ4v) is 3.65. The van der Waals surface area contributed by atoms with E-state index in [1.54, 1.807) is 48.5 Å². The summed E-state index contributed by atoms with van der Waals surface area (Å²) in [5.41, 5.74) is 1.03. The molecule has 1 aromatic heterocycles. The van der Waals surface area contributed by atoms with Crippen molar-refractivity contribution in [3.05, 3.63) is 106 Å².